The van der Waals surface area contributed by atoms with Gasteiger partial charge in [0.15, 0.2) is 6.29 Å². The van der Waals surface area contributed by atoms with Crippen molar-refractivity contribution in [2.24, 2.45) is 5.73 Å². The van der Waals surface area contributed by atoms with E-state index >= 15 is 0 Å². The Kier molecular flexibility index (Phi) is 3.02. The number of nitrogens with zero attached hydrogens (tertiary/aromatic N) is 1. The molecular formula is C8H8F2N2O. The maximum Gasteiger partial charge on any atom is 0.264 e. The zero-order valence-electron chi connectivity index (χ0n) is 6.71. The van der Waals surface area contributed by atoms with Gasteiger partial charge in [0, 0.05) is 23.9 Å². The van der Waals surface area contributed by atoms with E-state index in [0.29, 0.717) is 6.29 Å². The second-order valence-electron chi connectivity index (χ2n) is 2.39. The second-order valence-corrected chi connectivity index (χ2v) is 2.39. The summed E-state index contributed by atoms with van der Waals surface area (Å²) < 4.78 is 24.7. The molecule has 5 heteroatoms. The Balaban J connectivity index is 3.26. The van der Waals surface area contributed by atoms with E-state index in [2.05, 4.69) is 4.98 Å². The lowest BCUT2D eigenvalue weighted by molar-refractivity contribution is 0.111. The summed E-state index contributed by atoms with van der Waals surface area (Å²) in [6.07, 6.45) is -1.03. The van der Waals surface area contributed by atoms with Gasteiger partial charge < -0.3 is 5.73 Å². The molecule has 0 unspecified atom stereocenters. The Morgan fingerprint density at radius 3 is 2.77 bits per heavy atom. The third-order valence-corrected chi connectivity index (χ3v) is 1.68. The highest BCUT2D eigenvalue weighted by molar-refractivity contribution is 5.74. The summed E-state index contributed by atoms with van der Waals surface area (Å²) in [5, 5.41) is 0. The standard InChI is InChI=1S/C8H8F2N2O/c9-8(10)5-1-2-12-7(4-13)6(5)3-11/h1-2,4,8H,3,11H2. The molecular weight excluding hydrogens is 178 g/mol. The number of hydrogen-bond donors (Lipinski definition) is 1. The van der Waals surface area contributed by atoms with Gasteiger partial charge in [-0.15, -0.1) is 0 Å². The summed E-state index contributed by atoms with van der Waals surface area (Å²) >= 11 is 0. The first kappa shape index (κ1) is 9.73. The molecule has 70 valence electrons. The number of pyridine rings is 1. The molecule has 1 aromatic heterocycles. The topological polar surface area (TPSA) is 56.0 Å². The van der Waals surface area contributed by atoms with Crippen LogP contribution in [0, 0.1) is 0 Å². The average Bonchev–Trinajstić information content (AvgIpc) is 2.16. The van der Waals surface area contributed by atoms with Gasteiger partial charge in [0.05, 0.1) is 0 Å². The van der Waals surface area contributed by atoms with Crippen molar-refractivity contribution in [3.05, 3.63) is 29.1 Å². The molecule has 1 rings (SSSR count). The van der Waals surface area contributed by atoms with Gasteiger partial charge in [-0.2, -0.15) is 0 Å². The summed E-state index contributed by atoms with van der Waals surface area (Å²) in [5.41, 5.74) is 5.11. The van der Waals surface area contributed by atoms with Crippen molar-refractivity contribution >= 4 is 6.29 Å². The summed E-state index contributed by atoms with van der Waals surface area (Å²) in [5.74, 6) is 0. The number of rotatable bonds is 3. The van der Waals surface area contributed by atoms with Crippen LogP contribution < -0.4 is 5.73 Å². The van der Waals surface area contributed by atoms with Crippen molar-refractivity contribution in [1.82, 2.24) is 4.98 Å². The third-order valence-electron chi connectivity index (χ3n) is 1.68. The number of nitrogens with two attached hydrogens (primary N) is 1. The van der Waals surface area contributed by atoms with Crippen molar-refractivity contribution in [3.8, 4) is 0 Å². The van der Waals surface area contributed by atoms with E-state index in [1.807, 2.05) is 0 Å². The van der Waals surface area contributed by atoms with Crippen molar-refractivity contribution in [2.45, 2.75) is 13.0 Å². The van der Waals surface area contributed by atoms with E-state index in [-0.39, 0.29) is 23.4 Å². The van der Waals surface area contributed by atoms with Gasteiger partial charge in [-0.1, -0.05) is 0 Å². The van der Waals surface area contributed by atoms with Crippen LogP contribution >= 0.6 is 0 Å². The van der Waals surface area contributed by atoms with E-state index in [1.165, 1.54) is 12.3 Å². The highest BCUT2D eigenvalue weighted by atomic mass is 19.3. The van der Waals surface area contributed by atoms with Gasteiger partial charge in [-0.3, -0.25) is 9.78 Å². The molecule has 13 heavy (non-hydrogen) atoms. The fraction of sp³-hybridized carbons (Fsp3) is 0.250. The fourth-order valence-corrected chi connectivity index (χ4v) is 1.05. The van der Waals surface area contributed by atoms with Crippen molar-refractivity contribution in [1.29, 1.82) is 0 Å². The van der Waals surface area contributed by atoms with Crippen LogP contribution in [-0.4, -0.2) is 11.3 Å². The summed E-state index contributed by atoms with van der Waals surface area (Å²) in [7, 11) is 0. The highest BCUT2D eigenvalue weighted by Gasteiger charge is 2.15. The Hall–Kier alpha value is -1.36. The molecule has 0 amide bonds. The number of aromatic nitrogens is 1. The summed E-state index contributed by atoms with van der Waals surface area (Å²) in [4.78, 5) is 14.0. The van der Waals surface area contributed by atoms with Gasteiger partial charge in [0.25, 0.3) is 6.43 Å². The molecule has 0 atom stereocenters. The summed E-state index contributed by atoms with van der Waals surface area (Å²) in [6, 6.07) is 1.17. The van der Waals surface area contributed by atoms with Crippen LogP contribution in [0.3, 0.4) is 0 Å². The Bertz CT molecular complexity index is 315. The fourth-order valence-electron chi connectivity index (χ4n) is 1.05. The lowest BCUT2D eigenvalue weighted by atomic mass is 10.1. The van der Waals surface area contributed by atoms with Gasteiger partial charge in [0.2, 0.25) is 0 Å². The largest absolute Gasteiger partial charge is 0.326 e. The number of halogens is 2. The number of hydrogen-bond acceptors (Lipinski definition) is 3. The maximum atomic E-state index is 12.3. The number of aldehydes is 1. The SMILES string of the molecule is NCc1c(C(F)F)ccnc1C=O. The molecule has 0 radical (unpaired) electrons. The minimum absolute atomic E-state index is 0.0136. The lowest BCUT2D eigenvalue weighted by Crippen LogP contribution is -2.07. The quantitative estimate of drug-likeness (QED) is 0.723. The second kappa shape index (κ2) is 4.04. The smallest absolute Gasteiger partial charge is 0.264 e. The maximum absolute atomic E-state index is 12.3. The van der Waals surface area contributed by atoms with E-state index in [4.69, 9.17) is 5.73 Å². The molecule has 0 saturated heterocycles. The molecule has 3 nitrogen and oxygen atoms in total. The van der Waals surface area contributed by atoms with Gasteiger partial charge >= 0.3 is 0 Å². The normalized spacial score (nSPS) is 10.5. The van der Waals surface area contributed by atoms with Crippen LogP contribution in [0.1, 0.15) is 28.0 Å². The van der Waals surface area contributed by atoms with E-state index in [0.717, 1.165) is 0 Å². The Morgan fingerprint density at radius 1 is 1.62 bits per heavy atom. The Morgan fingerprint density at radius 2 is 2.31 bits per heavy atom. The van der Waals surface area contributed by atoms with Crippen LogP contribution in [0.4, 0.5) is 8.78 Å². The molecule has 0 fully saturated rings. The zero-order chi connectivity index (χ0) is 9.84. The molecule has 0 aromatic carbocycles. The van der Waals surface area contributed by atoms with E-state index in [1.54, 1.807) is 0 Å². The van der Waals surface area contributed by atoms with Crippen LogP contribution in [0.2, 0.25) is 0 Å². The number of carbonyl (C=O) groups is 1. The first-order valence-electron chi connectivity index (χ1n) is 3.62. The molecule has 0 aliphatic carbocycles. The predicted octanol–water partition coefficient (Wildman–Crippen LogP) is 1.29. The van der Waals surface area contributed by atoms with Crippen molar-refractivity contribution < 1.29 is 13.6 Å². The molecule has 0 aliphatic rings. The van der Waals surface area contributed by atoms with Crippen LogP contribution in [-0.2, 0) is 6.54 Å². The number of carbonyl (C=O) groups excluding carboxylic acids is 1. The highest BCUT2D eigenvalue weighted by Crippen LogP contribution is 2.23. The van der Waals surface area contributed by atoms with Gasteiger partial charge in [0.1, 0.15) is 5.69 Å². The zero-order valence-corrected chi connectivity index (χ0v) is 6.71. The van der Waals surface area contributed by atoms with Crippen LogP contribution in [0.25, 0.3) is 0 Å². The predicted molar refractivity (Wildman–Crippen MR) is 42.5 cm³/mol. The van der Waals surface area contributed by atoms with Crippen LogP contribution in [0.15, 0.2) is 12.3 Å². The van der Waals surface area contributed by atoms with Crippen molar-refractivity contribution in [2.75, 3.05) is 0 Å². The van der Waals surface area contributed by atoms with Gasteiger partial charge in [-0.25, -0.2) is 8.78 Å². The van der Waals surface area contributed by atoms with E-state index in [9.17, 15) is 13.6 Å². The minimum atomic E-state index is -2.62. The molecule has 0 bridgehead atoms. The molecule has 1 heterocycles. The monoisotopic (exact) mass is 186 g/mol. The lowest BCUT2D eigenvalue weighted by Gasteiger charge is -2.07. The minimum Gasteiger partial charge on any atom is -0.326 e. The molecule has 0 spiro atoms. The van der Waals surface area contributed by atoms with Crippen molar-refractivity contribution in [3.63, 3.8) is 0 Å². The first-order valence-corrected chi connectivity index (χ1v) is 3.62. The Labute approximate surface area is 73.6 Å². The van der Waals surface area contributed by atoms with Crippen LogP contribution in [0.5, 0.6) is 0 Å². The average molecular weight is 186 g/mol. The molecule has 1 aromatic rings. The van der Waals surface area contributed by atoms with Gasteiger partial charge in [-0.05, 0) is 6.07 Å². The molecule has 2 N–H and O–H groups in total. The number of alkyl halides is 2. The third kappa shape index (κ3) is 1.86. The van der Waals surface area contributed by atoms with E-state index < -0.39 is 6.43 Å². The first-order chi connectivity index (χ1) is 6.20. The summed E-state index contributed by atoms with van der Waals surface area (Å²) in [6.45, 7) is -0.110. The molecule has 0 aliphatic heterocycles. The molecule has 0 saturated carbocycles.